The first-order valence-corrected chi connectivity index (χ1v) is 9.39. The molecule has 0 unspecified atom stereocenters. The molecule has 3 aromatic rings. The van der Waals surface area contributed by atoms with Gasteiger partial charge in [0.1, 0.15) is 5.82 Å². The molecule has 0 amide bonds. The maximum absolute atomic E-state index is 11.9. The molecule has 1 aliphatic rings. The topological polar surface area (TPSA) is 49.0 Å². The molecule has 26 heavy (non-hydrogen) atoms. The van der Waals surface area contributed by atoms with Crippen molar-refractivity contribution >= 4 is 16.9 Å². The summed E-state index contributed by atoms with van der Waals surface area (Å²) in [6.07, 6.45) is 9.66. The van der Waals surface area contributed by atoms with Crippen LogP contribution < -0.4 is 0 Å². The van der Waals surface area contributed by atoms with E-state index < -0.39 is 0 Å². The Labute approximate surface area is 153 Å². The number of esters is 1. The number of hydrogen-bond acceptors (Lipinski definition) is 3. The van der Waals surface area contributed by atoms with Gasteiger partial charge in [-0.25, -0.2) is 9.78 Å². The Morgan fingerprint density at radius 3 is 2.85 bits per heavy atom. The molecule has 1 aliphatic carbocycles. The Morgan fingerprint density at radius 2 is 2.08 bits per heavy atom. The van der Waals surface area contributed by atoms with Gasteiger partial charge >= 0.3 is 5.97 Å². The van der Waals surface area contributed by atoms with Gasteiger partial charge in [0.05, 0.1) is 12.7 Å². The lowest BCUT2D eigenvalue weighted by Gasteiger charge is -2.16. The normalized spacial score (nSPS) is 13.8. The van der Waals surface area contributed by atoms with E-state index >= 15 is 0 Å². The van der Waals surface area contributed by atoms with Crippen LogP contribution in [0.2, 0.25) is 0 Å². The van der Waals surface area contributed by atoms with Gasteiger partial charge in [0.2, 0.25) is 0 Å². The zero-order chi connectivity index (χ0) is 18.1. The Morgan fingerprint density at radius 1 is 1.23 bits per heavy atom. The quantitative estimate of drug-likeness (QED) is 0.655. The number of imidazole rings is 1. The number of nitrogens with zero attached hydrogens (tertiary/aromatic N) is 3. The Bertz CT molecular complexity index is 952. The molecule has 2 aromatic heterocycles. The highest BCUT2D eigenvalue weighted by molar-refractivity contribution is 5.96. The lowest BCUT2D eigenvalue weighted by Crippen LogP contribution is -2.10. The van der Waals surface area contributed by atoms with Crippen molar-refractivity contribution in [2.24, 2.45) is 0 Å². The molecule has 0 radical (unpaired) electrons. The summed E-state index contributed by atoms with van der Waals surface area (Å²) in [5, 5.41) is 1.22. The third-order valence-corrected chi connectivity index (χ3v) is 5.50. The van der Waals surface area contributed by atoms with Gasteiger partial charge in [-0.15, -0.1) is 0 Å². The average Bonchev–Trinajstić information content (AvgIpc) is 3.22. The Balaban J connectivity index is 1.67. The van der Waals surface area contributed by atoms with E-state index in [9.17, 15) is 4.79 Å². The molecule has 1 aromatic carbocycles. The van der Waals surface area contributed by atoms with E-state index in [0.717, 1.165) is 38.2 Å². The van der Waals surface area contributed by atoms with Gasteiger partial charge in [0.25, 0.3) is 0 Å². The Kier molecular flexibility index (Phi) is 4.53. The average molecular weight is 351 g/mol. The number of ether oxygens (including phenoxy) is 1. The van der Waals surface area contributed by atoms with Crippen LogP contribution in [0.1, 0.15) is 46.7 Å². The summed E-state index contributed by atoms with van der Waals surface area (Å²) in [4.78, 5) is 16.2. The molecule has 0 saturated heterocycles. The second-order valence-electron chi connectivity index (χ2n) is 7.03. The summed E-state index contributed by atoms with van der Waals surface area (Å²) < 4.78 is 9.57. The molecule has 0 spiro atoms. The van der Waals surface area contributed by atoms with Gasteiger partial charge < -0.3 is 13.9 Å². The third kappa shape index (κ3) is 2.91. The van der Waals surface area contributed by atoms with Gasteiger partial charge in [-0.3, -0.25) is 0 Å². The number of carbonyl (C=O) groups excluding carboxylic acids is 1. The number of methoxy groups -OCH3 is 1. The van der Waals surface area contributed by atoms with Gasteiger partial charge in [-0.05, 0) is 62.8 Å². The molecule has 5 heteroatoms. The fraction of sp³-hybridized carbons (Fsp3) is 0.429. The molecule has 136 valence electrons. The maximum Gasteiger partial charge on any atom is 0.337 e. The lowest BCUT2D eigenvalue weighted by atomic mass is 9.95. The fourth-order valence-electron chi connectivity index (χ4n) is 4.18. The molecular weight excluding hydrogens is 326 g/mol. The largest absolute Gasteiger partial charge is 0.465 e. The summed E-state index contributed by atoms with van der Waals surface area (Å²) in [5.74, 6) is 0.798. The van der Waals surface area contributed by atoms with Crippen molar-refractivity contribution in [2.75, 3.05) is 7.11 Å². The van der Waals surface area contributed by atoms with Crippen molar-refractivity contribution in [3.8, 4) is 0 Å². The number of rotatable bonds is 5. The summed E-state index contributed by atoms with van der Waals surface area (Å²) in [7, 11) is 1.44. The van der Waals surface area contributed by atoms with Crippen molar-refractivity contribution < 1.29 is 9.53 Å². The lowest BCUT2D eigenvalue weighted by molar-refractivity contribution is 0.0601. The molecule has 0 atom stereocenters. The highest BCUT2D eigenvalue weighted by Gasteiger charge is 2.21. The van der Waals surface area contributed by atoms with Crippen molar-refractivity contribution in [1.82, 2.24) is 14.1 Å². The predicted molar refractivity (Wildman–Crippen MR) is 102 cm³/mol. The smallest absolute Gasteiger partial charge is 0.337 e. The predicted octanol–water partition coefficient (Wildman–Crippen LogP) is 3.90. The van der Waals surface area contributed by atoms with Crippen LogP contribution in [0.25, 0.3) is 10.9 Å². The van der Waals surface area contributed by atoms with Crippen LogP contribution in [0.15, 0.2) is 30.6 Å². The molecule has 0 saturated carbocycles. The van der Waals surface area contributed by atoms with Crippen molar-refractivity contribution in [1.29, 1.82) is 0 Å². The second-order valence-corrected chi connectivity index (χ2v) is 7.03. The van der Waals surface area contributed by atoms with E-state index in [-0.39, 0.29) is 5.97 Å². The number of benzene rings is 1. The van der Waals surface area contributed by atoms with Crippen LogP contribution >= 0.6 is 0 Å². The van der Waals surface area contributed by atoms with E-state index in [1.165, 1.54) is 42.1 Å². The molecule has 2 heterocycles. The van der Waals surface area contributed by atoms with E-state index in [4.69, 9.17) is 4.74 Å². The summed E-state index contributed by atoms with van der Waals surface area (Å²) >= 11 is 0. The molecular formula is C21H25N3O2. The highest BCUT2D eigenvalue weighted by Crippen LogP contribution is 2.33. The molecule has 5 nitrogen and oxygen atoms in total. The van der Waals surface area contributed by atoms with Gasteiger partial charge in [-0.1, -0.05) is 0 Å². The zero-order valence-corrected chi connectivity index (χ0v) is 15.5. The van der Waals surface area contributed by atoms with Crippen molar-refractivity contribution in [3.63, 3.8) is 0 Å². The SMILES string of the molecule is COC(=O)c1ccc2c(c1)c1c(n2CCCn2ccnc2C)CCCC1. The number of aryl methyl sites for hydroxylation is 4. The minimum absolute atomic E-state index is 0.264. The van der Waals surface area contributed by atoms with Gasteiger partial charge in [0.15, 0.2) is 0 Å². The standard InChI is InChI=1S/C21H25N3O2/c1-15-22-10-13-23(15)11-5-12-24-19-7-4-3-6-17(19)18-14-16(21(25)26-2)8-9-20(18)24/h8-10,13-14H,3-7,11-12H2,1-2H3. The van der Waals surface area contributed by atoms with Crippen molar-refractivity contribution in [3.05, 3.63) is 53.2 Å². The second kappa shape index (κ2) is 6.98. The molecule has 4 rings (SSSR count). The number of aromatic nitrogens is 3. The molecule has 0 N–H and O–H groups in total. The van der Waals surface area contributed by atoms with E-state index in [1.54, 1.807) is 0 Å². The highest BCUT2D eigenvalue weighted by atomic mass is 16.5. The van der Waals surface area contributed by atoms with Crippen LogP contribution in [0, 0.1) is 6.92 Å². The van der Waals surface area contributed by atoms with Crippen LogP contribution in [-0.4, -0.2) is 27.2 Å². The number of hydrogen-bond donors (Lipinski definition) is 0. The summed E-state index contributed by atoms with van der Waals surface area (Å²) in [6, 6.07) is 5.99. The first-order chi connectivity index (χ1) is 12.7. The van der Waals surface area contributed by atoms with Crippen LogP contribution in [0.5, 0.6) is 0 Å². The molecule has 0 aliphatic heterocycles. The minimum atomic E-state index is -0.264. The monoisotopic (exact) mass is 351 g/mol. The zero-order valence-electron chi connectivity index (χ0n) is 15.5. The van der Waals surface area contributed by atoms with E-state index in [1.807, 2.05) is 31.5 Å². The van der Waals surface area contributed by atoms with Crippen molar-refractivity contribution in [2.45, 2.75) is 52.1 Å². The number of carbonyl (C=O) groups is 1. The Hall–Kier alpha value is -2.56. The third-order valence-electron chi connectivity index (χ3n) is 5.50. The first-order valence-electron chi connectivity index (χ1n) is 9.39. The maximum atomic E-state index is 11.9. The fourth-order valence-corrected chi connectivity index (χ4v) is 4.18. The number of fused-ring (bicyclic) bond motifs is 3. The van der Waals surface area contributed by atoms with Gasteiger partial charge in [-0.2, -0.15) is 0 Å². The van der Waals surface area contributed by atoms with E-state index in [2.05, 4.69) is 20.2 Å². The molecule has 0 fully saturated rings. The van der Waals surface area contributed by atoms with Crippen LogP contribution in [0.3, 0.4) is 0 Å². The van der Waals surface area contributed by atoms with Gasteiger partial charge in [0, 0.05) is 42.1 Å². The van der Waals surface area contributed by atoms with Crippen LogP contribution in [0.4, 0.5) is 0 Å². The van der Waals surface area contributed by atoms with Crippen LogP contribution in [-0.2, 0) is 30.7 Å². The summed E-state index contributed by atoms with van der Waals surface area (Å²) in [6.45, 7) is 4.00. The minimum Gasteiger partial charge on any atom is -0.465 e. The first kappa shape index (κ1) is 16.9. The van der Waals surface area contributed by atoms with E-state index in [0.29, 0.717) is 5.56 Å². The molecule has 0 bridgehead atoms. The summed E-state index contributed by atoms with van der Waals surface area (Å²) in [5.41, 5.74) is 4.76.